The highest BCUT2D eigenvalue weighted by atomic mass is 32.1. The second-order valence-corrected chi connectivity index (χ2v) is 8.93. The average Bonchev–Trinajstić information content (AvgIpc) is 2.88. The molecule has 1 heterocycles. The zero-order valence-corrected chi connectivity index (χ0v) is 14.8. The predicted octanol–water partition coefficient (Wildman–Crippen LogP) is 3.70. The molecular formula is C18H25N3OS. The molecule has 4 saturated carbocycles. The molecule has 1 amide bonds. The highest BCUT2D eigenvalue weighted by molar-refractivity contribution is 7.09. The standard InChI is InChI=1S/C18H25N3OS/c1-11-10-23-17(19-11)6-16(22)21-20-12(2)18-7-13-3-14(8-18)5-15(4-13)9-18/h10,13-15H,3-9H2,1-2H3,(H,21,22)/b20-12-. The summed E-state index contributed by atoms with van der Waals surface area (Å²) in [5, 5.41) is 7.35. The third-order valence-electron chi connectivity index (χ3n) is 6.13. The Kier molecular flexibility index (Phi) is 3.79. The Morgan fingerprint density at radius 1 is 1.30 bits per heavy atom. The second-order valence-electron chi connectivity index (χ2n) is 7.99. The quantitative estimate of drug-likeness (QED) is 0.675. The number of hydrogen-bond acceptors (Lipinski definition) is 4. The highest BCUT2D eigenvalue weighted by Crippen LogP contribution is 2.60. The number of nitrogens with zero attached hydrogens (tertiary/aromatic N) is 2. The van der Waals surface area contributed by atoms with Crippen molar-refractivity contribution in [2.45, 2.75) is 58.8 Å². The molecule has 4 aliphatic rings. The SMILES string of the molecule is C/C(=N/NC(=O)Cc1nc(C)cs1)C12CC3CC(CC(C3)C1)C2. The van der Waals surface area contributed by atoms with Crippen molar-refractivity contribution in [3.8, 4) is 0 Å². The minimum atomic E-state index is -0.0524. The van der Waals surface area contributed by atoms with E-state index in [1.165, 1.54) is 49.9 Å². The van der Waals surface area contributed by atoms with Crippen molar-refractivity contribution in [1.82, 2.24) is 10.4 Å². The molecule has 4 nitrogen and oxygen atoms in total. The molecule has 4 bridgehead atoms. The van der Waals surface area contributed by atoms with Gasteiger partial charge in [0.15, 0.2) is 0 Å². The molecule has 5 heteroatoms. The van der Waals surface area contributed by atoms with E-state index in [2.05, 4.69) is 22.4 Å². The summed E-state index contributed by atoms with van der Waals surface area (Å²) in [4.78, 5) is 16.4. The van der Waals surface area contributed by atoms with Crippen molar-refractivity contribution in [2.75, 3.05) is 0 Å². The number of rotatable bonds is 4. The molecule has 0 radical (unpaired) electrons. The lowest BCUT2D eigenvalue weighted by atomic mass is 9.48. The number of amides is 1. The summed E-state index contributed by atoms with van der Waals surface area (Å²) >= 11 is 1.54. The van der Waals surface area contributed by atoms with Gasteiger partial charge in [-0.1, -0.05) is 0 Å². The lowest BCUT2D eigenvalue weighted by Crippen LogP contribution is -2.49. The number of aromatic nitrogens is 1. The van der Waals surface area contributed by atoms with Crippen LogP contribution in [0, 0.1) is 30.1 Å². The average molecular weight is 331 g/mol. The van der Waals surface area contributed by atoms with E-state index < -0.39 is 0 Å². The molecule has 124 valence electrons. The first-order valence-electron chi connectivity index (χ1n) is 8.77. The molecule has 1 aromatic rings. The van der Waals surface area contributed by atoms with Gasteiger partial charge in [0.25, 0.3) is 0 Å². The first kappa shape index (κ1) is 15.3. The van der Waals surface area contributed by atoms with E-state index in [-0.39, 0.29) is 11.3 Å². The highest BCUT2D eigenvalue weighted by Gasteiger charge is 2.52. The minimum Gasteiger partial charge on any atom is -0.273 e. The number of hydrogen-bond donors (Lipinski definition) is 1. The molecule has 4 aliphatic carbocycles. The van der Waals surface area contributed by atoms with Gasteiger partial charge in [0.2, 0.25) is 5.91 Å². The van der Waals surface area contributed by atoms with Crippen LogP contribution in [0.3, 0.4) is 0 Å². The van der Waals surface area contributed by atoms with Crippen LogP contribution in [0.1, 0.15) is 56.2 Å². The zero-order chi connectivity index (χ0) is 16.0. The minimum absolute atomic E-state index is 0.0524. The van der Waals surface area contributed by atoms with Gasteiger partial charge in [-0.3, -0.25) is 4.79 Å². The maximum atomic E-state index is 12.1. The molecule has 0 aliphatic heterocycles. The maximum absolute atomic E-state index is 12.1. The van der Waals surface area contributed by atoms with E-state index in [0.717, 1.165) is 34.2 Å². The normalized spacial score (nSPS) is 35.6. The smallest absolute Gasteiger partial charge is 0.246 e. The van der Waals surface area contributed by atoms with Crippen molar-refractivity contribution in [1.29, 1.82) is 0 Å². The van der Waals surface area contributed by atoms with Gasteiger partial charge in [-0.15, -0.1) is 11.3 Å². The molecule has 0 spiro atoms. The van der Waals surface area contributed by atoms with Crippen LogP contribution in [0.15, 0.2) is 10.5 Å². The van der Waals surface area contributed by atoms with Crippen LogP contribution >= 0.6 is 11.3 Å². The molecule has 23 heavy (non-hydrogen) atoms. The molecule has 5 rings (SSSR count). The third-order valence-corrected chi connectivity index (χ3v) is 7.10. The van der Waals surface area contributed by atoms with E-state index in [9.17, 15) is 4.79 Å². The summed E-state index contributed by atoms with van der Waals surface area (Å²) in [6.45, 7) is 4.08. The molecule has 1 N–H and O–H groups in total. The largest absolute Gasteiger partial charge is 0.273 e. The number of carbonyl (C=O) groups excluding carboxylic acids is 1. The lowest BCUT2D eigenvalue weighted by molar-refractivity contribution is -0.120. The number of aryl methyl sites for hydroxylation is 1. The van der Waals surface area contributed by atoms with Gasteiger partial charge >= 0.3 is 0 Å². The van der Waals surface area contributed by atoms with Crippen molar-refractivity contribution < 1.29 is 4.79 Å². The molecule has 0 aromatic carbocycles. The first-order chi connectivity index (χ1) is 11.0. The van der Waals surface area contributed by atoms with Gasteiger partial charge in [-0.05, 0) is 70.1 Å². The van der Waals surface area contributed by atoms with Gasteiger partial charge in [0.1, 0.15) is 5.01 Å². The Morgan fingerprint density at radius 3 is 2.43 bits per heavy atom. The summed E-state index contributed by atoms with van der Waals surface area (Å²) in [5.41, 5.74) is 5.19. The fourth-order valence-electron chi connectivity index (χ4n) is 5.48. The van der Waals surface area contributed by atoms with Crippen LogP contribution in [0.5, 0.6) is 0 Å². The Balaban J connectivity index is 1.41. The van der Waals surface area contributed by atoms with Gasteiger partial charge in [-0.2, -0.15) is 5.10 Å². The van der Waals surface area contributed by atoms with Crippen LogP contribution in [-0.4, -0.2) is 16.6 Å². The Bertz CT molecular complexity index is 613. The first-order valence-corrected chi connectivity index (χ1v) is 9.65. The third kappa shape index (κ3) is 2.95. The van der Waals surface area contributed by atoms with Crippen molar-refractivity contribution in [3.05, 3.63) is 16.1 Å². The van der Waals surface area contributed by atoms with Gasteiger partial charge in [0.05, 0.1) is 6.42 Å². The van der Waals surface area contributed by atoms with Crippen molar-refractivity contribution >= 4 is 23.0 Å². The Morgan fingerprint density at radius 2 is 1.91 bits per heavy atom. The molecule has 0 atom stereocenters. The molecule has 0 unspecified atom stereocenters. The summed E-state index contributed by atoms with van der Waals surface area (Å²) < 4.78 is 0. The van der Waals surface area contributed by atoms with Crippen molar-refractivity contribution in [2.24, 2.45) is 28.3 Å². The summed E-state index contributed by atoms with van der Waals surface area (Å²) in [5.74, 6) is 2.66. The van der Waals surface area contributed by atoms with E-state index in [1.807, 2.05) is 12.3 Å². The van der Waals surface area contributed by atoms with Crippen LogP contribution in [-0.2, 0) is 11.2 Å². The monoisotopic (exact) mass is 331 g/mol. The summed E-state index contributed by atoms with van der Waals surface area (Å²) in [7, 11) is 0. The van der Waals surface area contributed by atoms with E-state index in [4.69, 9.17) is 0 Å². The zero-order valence-electron chi connectivity index (χ0n) is 14.0. The van der Waals surface area contributed by atoms with Crippen LogP contribution in [0.2, 0.25) is 0 Å². The van der Waals surface area contributed by atoms with Crippen molar-refractivity contribution in [3.63, 3.8) is 0 Å². The topological polar surface area (TPSA) is 54.4 Å². The summed E-state index contributed by atoms with van der Waals surface area (Å²) in [6, 6.07) is 0. The van der Waals surface area contributed by atoms with E-state index >= 15 is 0 Å². The number of nitrogens with one attached hydrogen (secondary N) is 1. The summed E-state index contributed by atoms with van der Waals surface area (Å²) in [6.07, 6.45) is 8.49. The van der Waals surface area contributed by atoms with E-state index in [0.29, 0.717) is 6.42 Å². The predicted molar refractivity (Wildman–Crippen MR) is 92.4 cm³/mol. The van der Waals surface area contributed by atoms with Crippen LogP contribution in [0.25, 0.3) is 0 Å². The number of hydrazone groups is 1. The van der Waals surface area contributed by atoms with Gasteiger partial charge in [-0.25, -0.2) is 10.4 Å². The fourth-order valence-corrected chi connectivity index (χ4v) is 6.25. The molecule has 1 aromatic heterocycles. The van der Waals surface area contributed by atoms with E-state index in [1.54, 1.807) is 0 Å². The molecule has 0 saturated heterocycles. The molecular weight excluding hydrogens is 306 g/mol. The van der Waals surface area contributed by atoms with Crippen LogP contribution in [0.4, 0.5) is 0 Å². The molecule has 4 fully saturated rings. The van der Waals surface area contributed by atoms with Gasteiger partial charge in [0, 0.05) is 22.2 Å². The fraction of sp³-hybridized carbons (Fsp3) is 0.722. The Labute approximate surface area is 141 Å². The second kappa shape index (κ2) is 5.69. The van der Waals surface area contributed by atoms with Gasteiger partial charge < -0.3 is 0 Å². The maximum Gasteiger partial charge on any atom is 0.246 e. The Hall–Kier alpha value is -1.23. The number of carbonyl (C=O) groups is 1. The number of thiazole rings is 1. The lowest BCUT2D eigenvalue weighted by Gasteiger charge is -2.56. The van der Waals surface area contributed by atoms with Crippen LogP contribution < -0.4 is 5.43 Å².